The average molecular weight is 381 g/mol. The molecule has 0 saturated heterocycles. The number of halogens is 1. The van der Waals surface area contributed by atoms with E-state index in [1.165, 1.54) is 0 Å². The Labute approximate surface area is 163 Å². The van der Waals surface area contributed by atoms with Crippen molar-refractivity contribution in [2.24, 2.45) is 14.1 Å². The van der Waals surface area contributed by atoms with E-state index < -0.39 is 0 Å². The van der Waals surface area contributed by atoms with Gasteiger partial charge in [-0.3, -0.25) is 14.0 Å². The van der Waals surface area contributed by atoms with Crippen LogP contribution in [0.2, 0.25) is 5.02 Å². The quantitative estimate of drug-likeness (QED) is 0.537. The van der Waals surface area contributed by atoms with Crippen LogP contribution in [0, 0.1) is 13.8 Å². The van der Waals surface area contributed by atoms with Crippen LogP contribution >= 0.6 is 11.6 Å². The first-order chi connectivity index (χ1) is 13.0. The predicted octanol–water partition coefficient (Wildman–Crippen LogP) is 4.00. The third-order valence-electron chi connectivity index (χ3n) is 5.08. The van der Waals surface area contributed by atoms with Gasteiger partial charge in [0.05, 0.1) is 30.3 Å². The van der Waals surface area contributed by atoms with Crippen molar-refractivity contribution in [1.29, 1.82) is 0 Å². The average Bonchev–Trinajstić information content (AvgIpc) is 3.30. The molecular weight excluding hydrogens is 360 g/mol. The van der Waals surface area contributed by atoms with Gasteiger partial charge in [-0.25, -0.2) is 0 Å². The van der Waals surface area contributed by atoms with Gasteiger partial charge in [-0.15, -0.1) is 0 Å². The zero-order valence-corrected chi connectivity index (χ0v) is 16.6. The van der Waals surface area contributed by atoms with Crippen LogP contribution in [0.5, 0.6) is 0 Å². The van der Waals surface area contributed by atoms with E-state index in [9.17, 15) is 0 Å². The lowest BCUT2D eigenvalue weighted by Crippen LogP contribution is -2.05. The highest BCUT2D eigenvalue weighted by Gasteiger charge is 2.18. The van der Waals surface area contributed by atoms with E-state index in [2.05, 4.69) is 23.2 Å². The van der Waals surface area contributed by atoms with Crippen LogP contribution < -0.4 is 0 Å². The highest BCUT2D eigenvalue weighted by atomic mass is 35.5. The van der Waals surface area contributed by atoms with Crippen molar-refractivity contribution in [2.75, 3.05) is 0 Å². The molecule has 0 bridgehead atoms. The van der Waals surface area contributed by atoms with E-state index in [-0.39, 0.29) is 0 Å². The molecule has 0 atom stereocenters. The molecule has 4 aromatic rings. The Hall–Kier alpha value is -2.86. The van der Waals surface area contributed by atoms with Crippen molar-refractivity contribution in [3.8, 4) is 22.5 Å². The molecule has 1 aromatic carbocycles. The maximum atomic E-state index is 6.39. The molecule has 0 aliphatic heterocycles. The van der Waals surface area contributed by atoms with Gasteiger partial charge in [-0.2, -0.15) is 15.3 Å². The second kappa shape index (κ2) is 6.70. The van der Waals surface area contributed by atoms with Crippen LogP contribution in [-0.4, -0.2) is 29.3 Å². The fourth-order valence-corrected chi connectivity index (χ4v) is 3.37. The highest BCUT2D eigenvalue weighted by Crippen LogP contribution is 2.30. The molecule has 6 nitrogen and oxygen atoms in total. The summed E-state index contributed by atoms with van der Waals surface area (Å²) in [6.45, 7) is 4.69. The molecule has 0 spiro atoms. The Kier molecular flexibility index (Phi) is 4.36. The summed E-state index contributed by atoms with van der Waals surface area (Å²) in [6, 6.07) is 9.96. The summed E-state index contributed by atoms with van der Waals surface area (Å²) in [4.78, 5) is 0. The number of benzene rings is 1. The maximum Gasteiger partial charge on any atom is 0.0964 e. The molecule has 138 valence electrons. The number of nitrogens with zero attached hydrogens (tertiary/aromatic N) is 6. The molecule has 0 aliphatic rings. The number of aryl methyl sites for hydroxylation is 2. The normalized spacial score (nSPS) is 11.3. The second-order valence-electron chi connectivity index (χ2n) is 6.70. The molecule has 0 radical (unpaired) electrons. The lowest BCUT2D eigenvalue weighted by molar-refractivity contribution is 0.695. The van der Waals surface area contributed by atoms with Gasteiger partial charge < -0.3 is 0 Å². The fourth-order valence-electron chi connectivity index (χ4n) is 3.17. The van der Waals surface area contributed by atoms with Gasteiger partial charge in [-0.1, -0.05) is 29.8 Å². The number of aromatic nitrogens is 6. The van der Waals surface area contributed by atoms with Crippen LogP contribution in [0.1, 0.15) is 17.0 Å². The number of rotatable bonds is 4. The van der Waals surface area contributed by atoms with E-state index in [1.807, 2.05) is 71.7 Å². The first-order valence-electron chi connectivity index (χ1n) is 8.75. The Morgan fingerprint density at radius 3 is 2.15 bits per heavy atom. The van der Waals surface area contributed by atoms with Crippen LogP contribution in [0.25, 0.3) is 22.5 Å². The van der Waals surface area contributed by atoms with Gasteiger partial charge in [0.15, 0.2) is 0 Å². The lowest BCUT2D eigenvalue weighted by atomic mass is 10.1. The molecule has 0 saturated carbocycles. The van der Waals surface area contributed by atoms with Crippen LogP contribution in [0.3, 0.4) is 0 Å². The van der Waals surface area contributed by atoms with Crippen molar-refractivity contribution in [3.05, 3.63) is 64.7 Å². The minimum atomic E-state index is 0.586. The maximum absolute atomic E-state index is 6.39. The van der Waals surface area contributed by atoms with Gasteiger partial charge in [0.1, 0.15) is 0 Å². The fraction of sp³-hybridized carbons (Fsp3) is 0.250. The first-order valence-corrected chi connectivity index (χ1v) is 9.12. The molecule has 4 rings (SSSR count). The Morgan fingerprint density at radius 1 is 0.926 bits per heavy atom. The zero-order valence-electron chi connectivity index (χ0n) is 15.8. The monoisotopic (exact) mass is 380 g/mol. The minimum Gasteiger partial charge on any atom is -0.272 e. The topological polar surface area (TPSA) is 53.5 Å². The molecule has 3 aromatic heterocycles. The molecule has 3 heterocycles. The summed E-state index contributed by atoms with van der Waals surface area (Å²) in [7, 11) is 3.88. The third kappa shape index (κ3) is 3.06. The SMILES string of the molecule is Cc1c(-c2cc(-c3cnn(C)c3C)n(Cc3ccccc3Cl)n2)cnn1C. The Morgan fingerprint density at radius 2 is 1.56 bits per heavy atom. The van der Waals surface area contributed by atoms with Crippen molar-refractivity contribution in [3.63, 3.8) is 0 Å². The molecule has 0 amide bonds. The standard InChI is InChI=1S/C20H21ClN6/c1-13-16(10-22-25(13)3)19-9-20(17-11-23-26(4)14(17)2)27(24-19)12-15-7-5-6-8-18(15)21/h5-11H,12H2,1-4H3. The van der Waals surface area contributed by atoms with Crippen LogP contribution in [-0.2, 0) is 20.6 Å². The summed E-state index contributed by atoms with van der Waals surface area (Å²) in [5, 5.41) is 14.4. The smallest absolute Gasteiger partial charge is 0.0964 e. The van der Waals surface area contributed by atoms with E-state index in [1.54, 1.807) is 0 Å². The summed E-state index contributed by atoms with van der Waals surface area (Å²) in [5.41, 5.74) is 7.18. The molecule has 0 unspecified atom stereocenters. The van der Waals surface area contributed by atoms with E-state index in [0.29, 0.717) is 6.54 Å². The van der Waals surface area contributed by atoms with Crippen LogP contribution in [0.15, 0.2) is 42.7 Å². The van der Waals surface area contributed by atoms with E-state index in [0.717, 1.165) is 44.5 Å². The van der Waals surface area contributed by atoms with Gasteiger partial charge in [0, 0.05) is 41.6 Å². The summed E-state index contributed by atoms with van der Waals surface area (Å²) < 4.78 is 5.72. The van der Waals surface area contributed by atoms with E-state index in [4.69, 9.17) is 16.7 Å². The highest BCUT2D eigenvalue weighted by molar-refractivity contribution is 6.31. The molecule has 7 heteroatoms. The summed E-state index contributed by atoms with van der Waals surface area (Å²) >= 11 is 6.39. The van der Waals surface area contributed by atoms with Gasteiger partial charge in [0.2, 0.25) is 0 Å². The van der Waals surface area contributed by atoms with E-state index >= 15 is 0 Å². The minimum absolute atomic E-state index is 0.586. The molecule has 0 fully saturated rings. The second-order valence-corrected chi connectivity index (χ2v) is 7.11. The van der Waals surface area contributed by atoms with Crippen molar-refractivity contribution < 1.29 is 0 Å². The summed E-state index contributed by atoms with van der Waals surface area (Å²) in [5.74, 6) is 0. The zero-order chi connectivity index (χ0) is 19.1. The van der Waals surface area contributed by atoms with Gasteiger partial charge in [0.25, 0.3) is 0 Å². The molecule has 0 N–H and O–H groups in total. The van der Waals surface area contributed by atoms with Crippen molar-refractivity contribution >= 4 is 11.6 Å². The number of hydrogen-bond acceptors (Lipinski definition) is 3. The first kappa shape index (κ1) is 17.5. The van der Waals surface area contributed by atoms with Gasteiger partial charge >= 0.3 is 0 Å². The van der Waals surface area contributed by atoms with Gasteiger partial charge in [-0.05, 0) is 31.5 Å². The van der Waals surface area contributed by atoms with Crippen molar-refractivity contribution in [2.45, 2.75) is 20.4 Å². The van der Waals surface area contributed by atoms with Crippen LogP contribution in [0.4, 0.5) is 0 Å². The largest absolute Gasteiger partial charge is 0.272 e. The Balaban J connectivity index is 1.86. The third-order valence-corrected chi connectivity index (χ3v) is 5.45. The molecular formula is C20H21ClN6. The lowest BCUT2D eigenvalue weighted by Gasteiger charge is -2.09. The Bertz CT molecular complexity index is 1120. The summed E-state index contributed by atoms with van der Waals surface area (Å²) in [6.07, 6.45) is 3.74. The van der Waals surface area contributed by atoms with Crippen molar-refractivity contribution in [1.82, 2.24) is 29.3 Å². The number of hydrogen-bond donors (Lipinski definition) is 0. The molecule has 27 heavy (non-hydrogen) atoms. The molecule has 0 aliphatic carbocycles. The predicted molar refractivity (Wildman–Crippen MR) is 107 cm³/mol.